The third kappa shape index (κ3) is 3.12. The van der Waals surface area contributed by atoms with Gasteiger partial charge < -0.3 is 14.9 Å². The van der Waals surface area contributed by atoms with E-state index in [2.05, 4.69) is 14.8 Å². The van der Waals surface area contributed by atoms with E-state index in [0.29, 0.717) is 11.9 Å². The predicted molar refractivity (Wildman–Crippen MR) is 92.7 cm³/mol. The van der Waals surface area contributed by atoms with E-state index in [4.69, 9.17) is 0 Å². The molecule has 1 saturated carbocycles. The fourth-order valence-corrected chi connectivity index (χ4v) is 4.75. The van der Waals surface area contributed by atoms with Gasteiger partial charge in [0.25, 0.3) is 0 Å². The predicted octanol–water partition coefficient (Wildman–Crippen LogP) is 2.34. The summed E-state index contributed by atoms with van der Waals surface area (Å²) in [6, 6.07) is 3.46. The van der Waals surface area contributed by atoms with Crippen molar-refractivity contribution in [1.82, 2.24) is 9.88 Å². The Bertz CT molecular complexity index is 620. The number of aliphatic hydroxyl groups is 1. The number of piperidine rings is 1. The van der Waals surface area contributed by atoms with E-state index < -0.39 is 0 Å². The summed E-state index contributed by atoms with van der Waals surface area (Å²) in [5, 5.41) is 9.69. The maximum absolute atomic E-state index is 13.1. The van der Waals surface area contributed by atoms with Crippen LogP contribution in [0.1, 0.15) is 44.9 Å². The van der Waals surface area contributed by atoms with Gasteiger partial charge in [-0.25, -0.2) is 9.37 Å². The molecule has 2 saturated heterocycles. The number of aromatic nitrogens is 1. The van der Waals surface area contributed by atoms with E-state index in [1.54, 1.807) is 6.07 Å². The molecule has 1 aromatic heterocycles. The molecule has 1 aliphatic carbocycles. The lowest BCUT2D eigenvalue weighted by atomic mass is 9.77. The number of carbonyl (C=O) groups is 1. The number of halogens is 1. The van der Waals surface area contributed by atoms with E-state index >= 15 is 0 Å². The minimum atomic E-state index is -0.323. The van der Waals surface area contributed by atoms with Crippen LogP contribution < -0.4 is 4.90 Å². The Hall–Kier alpha value is -1.69. The highest BCUT2D eigenvalue weighted by Gasteiger charge is 2.50. The molecule has 0 atom stereocenters. The van der Waals surface area contributed by atoms with Crippen LogP contribution in [0.5, 0.6) is 0 Å². The molecule has 1 N–H and O–H groups in total. The maximum atomic E-state index is 13.1. The van der Waals surface area contributed by atoms with Crippen molar-refractivity contribution in [3.63, 3.8) is 0 Å². The highest BCUT2D eigenvalue weighted by molar-refractivity contribution is 5.85. The van der Waals surface area contributed by atoms with Crippen molar-refractivity contribution in [2.45, 2.75) is 57.1 Å². The van der Waals surface area contributed by atoms with Crippen LogP contribution in [0.2, 0.25) is 0 Å². The smallest absolute Gasteiger partial charge is 0.229 e. The fourth-order valence-electron chi connectivity index (χ4n) is 4.75. The van der Waals surface area contributed by atoms with Crippen molar-refractivity contribution in [3.8, 4) is 0 Å². The Morgan fingerprint density at radius 1 is 1.08 bits per heavy atom. The number of carbonyl (C=O) groups excluding carboxylic acids is 1. The zero-order chi connectivity index (χ0) is 17.4. The number of amides is 1. The Balaban J connectivity index is 1.39. The molecule has 0 bridgehead atoms. The van der Waals surface area contributed by atoms with Crippen LogP contribution in [0.15, 0.2) is 18.3 Å². The van der Waals surface area contributed by atoms with Crippen LogP contribution in [0.4, 0.5) is 10.2 Å². The second-order valence-corrected chi connectivity index (χ2v) is 7.81. The van der Waals surface area contributed by atoms with Gasteiger partial charge in [-0.1, -0.05) is 0 Å². The summed E-state index contributed by atoms with van der Waals surface area (Å²) in [6.45, 7) is 2.44. The summed E-state index contributed by atoms with van der Waals surface area (Å²) in [5.41, 5.74) is -0.216. The molecule has 0 unspecified atom stereocenters. The van der Waals surface area contributed by atoms with Crippen LogP contribution >= 0.6 is 0 Å². The average molecular weight is 347 g/mol. The number of aliphatic hydroxyl groups excluding tert-OH is 1. The van der Waals surface area contributed by atoms with Crippen molar-refractivity contribution < 1.29 is 14.3 Å². The van der Waals surface area contributed by atoms with Crippen molar-refractivity contribution in [2.75, 3.05) is 24.5 Å². The molecule has 0 aromatic carbocycles. The Labute approximate surface area is 147 Å². The first-order chi connectivity index (χ1) is 12.1. The summed E-state index contributed by atoms with van der Waals surface area (Å²) in [5.74, 6) is 0.789. The molecular formula is C19H26FN3O2. The van der Waals surface area contributed by atoms with Crippen LogP contribution in [0, 0.1) is 11.2 Å². The molecule has 3 heterocycles. The van der Waals surface area contributed by atoms with Crippen LogP contribution in [0.3, 0.4) is 0 Å². The summed E-state index contributed by atoms with van der Waals surface area (Å²) >= 11 is 0. The fraction of sp³-hybridized carbons (Fsp3) is 0.684. The third-order valence-electron chi connectivity index (χ3n) is 6.41. The van der Waals surface area contributed by atoms with Gasteiger partial charge in [-0.3, -0.25) is 4.79 Å². The highest BCUT2D eigenvalue weighted by atomic mass is 19.1. The Morgan fingerprint density at radius 2 is 1.76 bits per heavy atom. The molecule has 1 spiro atoms. The first-order valence-electron chi connectivity index (χ1n) is 9.43. The van der Waals surface area contributed by atoms with Gasteiger partial charge in [0.05, 0.1) is 17.7 Å². The molecule has 5 nitrogen and oxygen atoms in total. The molecule has 1 amide bonds. The molecule has 2 aliphatic heterocycles. The average Bonchev–Trinajstić information content (AvgIpc) is 2.94. The van der Waals surface area contributed by atoms with Crippen LogP contribution in [-0.4, -0.2) is 52.7 Å². The first kappa shape index (κ1) is 16.8. The molecule has 25 heavy (non-hydrogen) atoms. The maximum Gasteiger partial charge on any atom is 0.229 e. The van der Waals surface area contributed by atoms with Gasteiger partial charge in [0.2, 0.25) is 5.91 Å². The summed E-state index contributed by atoms with van der Waals surface area (Å²) in [6.07, 6.45) is 7.16. The van der Waals surface area contributed by atoms with Crippen molar-refractivity contribution >= 4 is 11.7 Å². The number of pyridine rings is 1. The van der Waals surface area contributed by atoms with Crippen molar-refractivity contribution in [2.24, 2.45) is 5.41 Å². The number of rotatable bonds is 2. The second kappa shape index (κ2) is 6.56. The number of hydrogen-bond donors (Lipinski definition) is 1. The van der Waals surface area contributed by atoms with Crippen molar-refractivity contribution in [1.29, 1.82) is 0 Å². The van der Waals surface area contributed by atoms with Crippen LogP contribution in [-0.2, 0) is 4.79 Å². The quantitative estimate of drug-likeness (QED) is 0.892. The standard InChI is InChI=1S/C19H26FN3O2/c20-14-1-6-17(21-13-14)22-10-7-19(8-11-22)9-12-23(18(19)25)15-2-4-16(24)5-3-15/h1,6,13,15-16,24H,2-5,7-12H2. The number of nitrogens with zero attached hydrogens (tertiary/aromatic N) is 3. The van der Waals surface area contributed by atoms with Gasteiger partial charge >= 0.3 is 0 Å². The van der Waals surface area contributed by atoms with E-state index in [0.717, 1.165) is 70.4 Å². The SMILES string of the molecule is O=C1N(C2CCC(O)CC2)CCC12CCN(c1ccc(F)cn1)CC2. The first-order valence-corrected chi connectivity index (χ1v) is 9.43. The number of hydrogen-bond acceptors (Lipinski definition) is 4. The Morgan fingerprint density at radius 3 is 2.40 bits per heavy atom. The lowest BCUT2D eigenvalue weighted by Gasteiger charge is -2.40. The minimum absolute atomic E-state index is 0.186. The third-order valence-corrected chi connectivity index (χ3v) is 6.41. The highest BCUT2D eigenvalue weighted by Crippen LogP contribution is 2.44. The number of anilines is 1. The summed E-state index contributed by atoms with van der Waals surface area (Å²) in [4.78, 5) is 21.5. The number of likely N-dealkylation sites (tertiary alicyclic amines) is 1. The van der Waals surface area contributed by atoms with E-state index in [1.165, 1.54) is 12.3 Å². The molecule has 4 rings (SSSR count). The van der Waals surface area contributed by atoms with E-state index in [-0.39, 0.29) is 17.3 Å². The molecule has 3 fully saturated rings. The van der Waals surface area contributed by atoms with E-state index in [9.17, 15) is 14.3 Å². The monoisotopic (exact) mass is 347 g/mol. The normalized spacial score (nSPS) is 29.4. The molecular weight excluding hydrogens is 321 g/mol. The minimum Gasteiger partial charge on any atom is -0.393 e. The van der Waals surface area contributed by atoms with Gasteiger partial charge in [-0.15, -0.1) is 0 Å². The molecule has 136 valence electrons. The lowest BCUT2D eigenvalue weighted by molar-refractivity contribution is -0.139. The van der Waals surface area contributed by atoms with Gasteiger partial charge in [0.15, 0.2) is 0 Å². The Kier molecular flexibility index (Phi) is 4.40. The zero-order valence-electron chi connectivity index (χ0n) is 14.5. The summed E-state index contributed by atoms with van der Waals surface area (Å²) in [7, 11) is 0. The van der Waals surface area contributed by atoms with Gasteiger partial charge in [0, 0.05) is 25.7 Å². The van der Waals surface area contributed by atoms with Gasteiger partial charge in [-0.05, 0) is 57.1 Å². The van der Waals surface area contributed by atoms with Gasteiger partial charge in [0.1, 0.15) is 11.6 Å². The molecule has 6 heteroatoms. The lowest BCUT2D eigenvalue weighted by Crippen LogP contribution is -2.47. The second-order valence-electron chi connectivity index (χ2n) is 7.81. The van der Waals surface area contributed by atoms with Gasteiger partial charge in [-0.2, -0.15) is 0 Å². The zero-order valence-corrected chi connectivity index (χ0v) is 14.5. The largest absolute Gasteiger partial charge is 0.393 e. The van der Waals surface area contributed by atoms with E-state index in [1.807, 2.05) is 0 Å². The molecule has 0 radical (unpaired) electrons. The molecule has 3 aliphatic rings. The topological polar surface area (TPSA) is 56.7 Å². The molecule has 1 aromatic rings. The summed E-state index contributed by atoms with van der Waals surface area (Å²) < 4.78 is 13.0. The van der Waals surface area contributed by atoms with Crippen molar-refractivity contribution in [3.05, 3.63) is 24.1 Å². The van der Waals surface area contributed by atoms with Crippen LogP contribution in [0.25, 0.3) is 0 Å².